The lowest BCUT2D eigenvalue weighted by Crippen LogP contribution is -2.29. The summed E-state index contributed by atoms with van der Waals surface area (Å²) in [6.07, 6.45) is 4.39. The molecule has 1 N–H and O–H groups in total. The third-order valence-corrected chi connectivity index (χ3v) is 4.05. The molecule has 0 aliphatic carbocycles. The van der Waals surface area contributed by atoms with Crippen LogP contribution in [0.25, 0.3) is 10.2 Å². The molecule has 0 atom stereocenters. The molecule has 1 aromatic heterocycles. The van der Waals surface area contributed by atoms with Crippen LogP contribution >= 0.6 is 11.3 Å². The number of nitrogens with zero attached hydrogens (tertiary/aromatic N) is 1. The number of rotatable bonds is 8. The number of thiazole rings is 1. The minimum absolute atomic E-state index is 0.243. The van der Waals surface area contributed by atoms with Crippen molar-refractivity contribution in [1.29, 1.82) is 0 Å². The molecular weight excluding hydrogens is 300 g/mol. The lowest BCUT2D eigenvalue weighted by molar-refractivity contribution is -0.124. The second kappa shape index (κ2) is 8.48. The van der Waals surface area contributed by atoms with Crippen LogP contribution in [-0.4, -0.2) is 30.0 Å². The Morgan fingerprint density at radius 1 is 1.27 bits per heavy atom. The van der Waals surface area contributed by atoms with Gasteiger partial charge in [-0.15, -0.1) is 11.3 Å². The molecule has 1 heterocycles. The number of carbonyl (C=O) groups is 2. The van der Waals surface area contributed by atoms with Gasteiger partial charge in [-0.2, -0.15) is 0 Å². The summed E-state index contributed by atoms with van der Waals surface area (Å²) in [6.45, 7) is 2.53. The summed E-state index contributed by atoms with van der Waals surface area (Å²) in [6, 6.07) is 5.17. The quantitative estimate of drug-likeness (QED) is 0.599. The van der Waals surface area contributed by atoms with Crippen LogP contribution in [0.3, 0.4) is 0 Å². The maximum atomic E-state index is 11.9. The second-order valence-electron chi connectivity index (χ2n) is 5.02. The van der Waals surface area contributed by atoms with E-state index in [0.717, 1.165) is 29.5 Å². The van der Waals surface area contributed by atoms with Crippen LogP contribution in [0.4, 0.5) is 0 Å². The number of aromatic nitrogens is 1. The van der Waals surface area contributed by atoms with Gasteiger partial charge in [-0.05, 0) is 24.6 Å². The fourth-order valence-corrected chi connectivity index (χ4v) is 2.74. The van der Waals surface area contributed by atoms with Gasteiger partial charge < -0.3 is 10.1 Å². The molecule has 2 aromatic rings. The molecule has 0 bridgehead atoms. The first kappa shape index (κ1) is 16.4. The lowest BCUT2D eigenvalue weighted by atomic mass is 10.2. The first-order valence-electron chi connectivity index (χ1n) is 7.47. The van der Waals surface area contributed by atoms with Gasteiger partial charge in [-0.1, -0.05) is 26.2 Å². The summed E-state index contributed by atoms with van der Waals surface area (Å²) in [7, 11) is 0. The molecular formula is C16H20N2O3S. The monoisotopic (exact) mass is 320 g/mol. The van der Waals surface area contributed by atoms with Crippen molar-refractivity contribution in [2.75, 3.05) is 13.2 Å². The van der Waals surface area contributed by atoms with Crippen LogP contribution in [0.1, 0.15) is 43.0 Å². The van der Waals surface area contributed by atoms with Crippen molar-refractivity contribution in [3.05, 3.63) is 29.3 Å². The van der Waals surface area contributed by atoms with Crippen molar-refractivity contribution < 1.29 is 14.3 Å². The largest absolute Gasteiger partial charge is 0.452 e. The molecule has 0 unspecified atom stereocenters. The number of benzene rings is 1. The number of unbranched alkanes of at least 4 members (excludes halogenated alkanes) is 3. The van der Waals surface area contributed by atoms with E-state index in [1.807, 2.05) is 0 Å². The topological polar surface area (TPSA) is 68.3 Å². The first-order valence-corrected chi connectivity index (χ1v) is 8.35. The van der Waals surface area contributed by atoms with E-state index in [9.17, 15) is 9.59 Å². The maximum Gasteiger partial charge on any atom is 0.338 e. The number of ether oxygens (including phenoxy) is 1. The molecule has 2 rings (SSSR count). The number of nitrogens with one attached hydrogen (secondary N) is 1. The zero-order chi connectivity index (χ0) is 15.8. The molecule has 6 heteroatoms. The van der Waals surface area contributed by atoms with Gasteiger partial charge in [0, 0.05) is 6.54 Å². The highest BCUT2D eigenvalue weighted by Gasteiger charge is 2.11. The molecule has 0 radical (unpaired) electrons. The van der Waals surface area contributed by atoms with E-state index in [-0.39, 0.29) is 12.5 Å². The predicted octanol–water partition coefficient (Wildman–Crippen LogP) is 3.15. The number of hydrogen-bond donors (Lipinski definition) is 1. The highest BCUT2D eigenvalue weighted by molar-refractivity contribution is 7.16. The first-order chi connectivity index (χ1) is 10.7. The molecule has 0 saturated carbocycles. The fourth-order valence-electron chi connectivity index (χ4n) is 2.03. The van der Waals surface area contributed by atoms with Gasteiger partial charge in [0.1, 0.15) is 0 Å². The number of hydrogen-bond acceptors (Lipinski definition) is 5. The molecule has 5 nitrogen and oxygen atoms in total. The third-order valence-electron chi connectivity index (χ3n) is 3.25. The van der Waals surface area contributed by atoms with Crippen LogP contribution < -0.4 is 5.32 Å². The average Bonchev–Trinajstić information content (AvgIpc) is 2.99. The zero-order valence-corrected chi connectivity index (χ0v) is 13.4. The molecule has 1 aromatic carbocycles. The molecule has 22 heavy (non-hydrogen) atoms. The van der Waals surface area contributed by atoms with E-state index in [0.29, 0.717) is 12.1 Å². The molecule has 118 valence electrons. The summed E-state index contributed by atoms with van der Waals surface area (Å²) in [4.78, 5) is 27.6. The summed E-state index contributed by atoms with van der Waals surface area (Å²) < 4.78 is 5.95. The van der Waals surface area contributed by atoms with Gasteiger partial charge in [0.2, 0.25) is 0 Å². The molecule has 0 saturated heterocycles. The zero-order valence-electron chi connectivity index (χ0n) is 12.6. The van der Waals surface area contributed by atoms with Gasteiger partial charge in [-0.3, -0.25) is 4.79 Å². The Morgan fingerprint density at radius 2 is 2.14 bits per heavy atom. The van der Waals surface area contributed by atoms with Crippen molar-refractivity contribution >= 4 is 33.4 Å². The Labute approximate surface area is 133 Å². The SMILES string of the molecule is CCCCCCNC(=O)COC(=O)c1ccc2ncsc2c1. The lowest BCUT2D eigenvalue weighted by Gasteiger charge is -2.06. The van der Waals surface area contributed by atoms with Crippen LogP contribution in [0, 0.1) is 0 Å². The van der Waals surface area contributed by atoms with Crippen molar-refractivity contribution in [1.82, 2.24) is 10.3 Å². The van der Waals surface area contributed by atoms with Crippen molar-refractivity contribution in [3.8, 4) is 0 Å². The molecule has 0 aliphatic rings. The number of esters is 1. The minimum atomic E-state index is -0.489. The van der Waals surface area contributed by atoms with Crippen LogP contribution in [0.15, 0.2) is 23.7 Å². The highest BCUT2D eigenvalue weighted by Crippen LogP contribution is 2.19. The van der Waals surface area contributed by atoms with Gasteiger partial charge >= 0.3 is 5.97 Å². The Balaban J connectivity index is 1.73. The van der Waals surface area contributed by atoms with Gasteiger partial charge in [0.25, 0.3) is 5.91 Å². The van der Waals surface area contributed by atoms with E-state index in [1.54, 1.807) is 23.7 Å². The standard InChI is InChI=1S/C16H20N2O3S/c1-2-3-4-5-8-17-15(19)10-21-16(20)12-6-7-13-14(9-12)22-11-18-13/h6-7,9,11H,2-5,8,10H2,1H3,(H,17,19). The summed E-state index contributed by atoms with van der Waals surface area (Å²) in [5.74, 6) is -0.750. The van der Waals surface area contributed by atoms with Gasteiger partial charge in [0.05, 0.1) is 21.3 Å². The Hall–Kier alpha value is -1.95. The molecule has 1 amide bonds. The number of fused-ring (bicyclic) bond motifs is 1. The fraction of sp³-hybridized carbons (Fsp3) is 0.438. The normalized spacial score (nSPS) is 10.6. The molecule has 0 spiro atoms. The van der Waals surface area contributed by atoms with E-state index < -0.39 is 5.97 Å². The number of amides is 1. The predicted molar refractivity (Wildman–Crippen MR) is 87.1 cm³/mol. The smallest absolute Gasteiger partial charge is 0.338 e. The second-order valence-corrected chi connectivity index (χ2v) is 5.91. The average molecular weight is 320 g/mol. The summed E-state index contributed by atoms with van der Waals surface area (Å²) in [5, 5.41) is 2.75. The van der Waals surface area contributed by atoms with E-state index in [4.69, 9.17) is 4.74 Å². The van der Waals surface area contributed by atoms with Gasteiger partial charge in [-0.25, -0.2) is 9.78 Å². The maximum absolute atomic E-state index is 11.9. The third kappa shape index (κ3) is 4.80. The van der Waals surface area contributed by atoms with Crippen molar-refractivity contribution in [3.63, 3.8) is 0 Å². The Morgan fingerprint density at radius 3 is 2.95 bits per heavy atom. The van der Waals surface area contributed by atoms with Crippen LogP contribution in [0.2, 0.25) is 0 Å². The van der Waals surface area contributed by atoms with Crippen molar-refractivity contribution in [2.45, 2.75) is 32.6 Å². The summed E-state index contributed by atoms with van der Waals surface area (Å²) in [5.41, 5.74) is 3.02. The van der Waals surface area contributed by atoms with Crippen LogP contribution in [-0.2, 0) is 9.53 Å². The number of carbonyl (C=O) groups excluding carboxylic acids is 2. The summed E-state index contributed by atoms with van der Waals surface area (Å²) >= 11 is 1.46. The van der Waals surface area contributed by atoms with Crippen molar-refractivity contribution in [2.24, 2.45) is 0 Å². The van der Waals surface area contributed by atoms with E-state index >= 15 is 0 Å². The Kier molecular flexibility index (Phi) is 6.33. The van der Waals surface area contributed by atoms with E-state index in [1.165, 1.54) is 17.8 Å². The van der Waals surface area contributed by atoms with Crippen LogP contribution in [0.5, 0.6) is 0 Å². The molecule has 0 aliphatic heterocycles. The minimum Gasteiger partial charge on any atom is -0.452 e. The molecule has 0 fully saturated rings. The Bertz CT molecular complexity index is 639. The van der Waals surface area contributed by atoms with E-state index in [2.05, 4.69) is 17.2 Å². The van der Waals surface area contributed by atoms with Gasteiger partial charge in [0.15, 0.2) is 6.61 Å². The highest BCUT2D eigenvalue weighted by atomic mass is 32.1.